The molecule has 73 heavy (non-hydrogen) atoms. The van der Waals surface area contributed by atoms with Gasteiger partial charge in [-0.05, 0) is 84.8 Å². The SMILES string of the molecule is Cc1cc(Nc2ccc(C(=O)NNc3ncc(F)c(N4CCOC(c5cncc(-c6cccc(Nc7ccc(C(=O)NNc8ncc(F)c(N9CCOCC9)n8)nc7)c6)c5)C4)n3)nc2)cc(-c2ccncn2)c1. The molecule has 10 rings (SSSR count). The van der Waals surface area contributed by atoms with Crippen molar-refractivity contribution in [2.75, 3.05) is 77.3 Å². The van der Waals surface area contributed by atoms with E-state index in [-0.39, 0.29) is 48.1 Å². The fourth-order valence-electron chi connectivity index (χ4n) is 8.02. The highest BCUT2D eigenvalue weighted by atomic mass is 19.1. The van der Waals surface area contributed by atoms with Gasteiger partial charge in [0.25, 0.3) is 11.8 Å². The topological polar surface area (TPSA) is 247 Å². The highest BCUT2D eigenvalue weighted by Crippen LogP contribution is 2.31. The number of morpholine rings is 2. The molecule has 2 aliphatic heterocycles. The molecule has 0 bridgehead atoms. The van der Waals surface area contributed by atoms with Crippen LogP contribution < -0.4 is 42.1 Å². The number of ether oxygens (including phenoxy) is 2. The van der Waals surface area contributed by atoms with Crippen LogP contribution in [0.4, 0.5) is 55.1 Å². The molecule has 6 aromatic heterocycles. The van der Waals surface area contributed by atoms with E-state index in [0.717, 1.165) is 57.3 Å². The minimum absolute atomic E-state index is 0.0229. The number of nitrogens with zero attached hydrogens (tertiary/aromatic N) is 11. The molecule has 1 unspecified atom stereocenters. The molecule has 0 aliphatic carbocycles. The first-order chi connectivity index (χ1) is 35.7. The summed E-state index contributed by atoms with van der Waals surface area (Å²) in [6.45, 7) is 4.77. The third-order valence-corrected chi connectivity index (χ3v) is 11.6. The predicted octanol–water partition coefficient (Wildman–Crippen LogP) is 6.58. The Labute approximate surface area is 415 Å². The second-order valence-corrected chi connectivity index (χ2v) is 16.7. The summed E-state index contributed by atoms with van der Waals surface area (Å²) in [5, 5.41) is 6.64. The van der Waals surface area contributed by atoms with Crippen molar-refractivity contribution >= 4 is 58.1 Å². The van der Waals surface area contributed by atoms with Gasteiger partial charge >= 0.3 is 0 Å². The number of amides is 2. The quantitative estimate of drug-likeness (QED) is 0.0594. The van der Waals surface area contributed by atoms with Crippen LogP contribution in [-0.4, -0.2) is 103 Å². The Kier molecular flexibility index (Phi) is 14.1. The second kappa shape index (κ2) is 21.7. The molecule has 2 amide bonds. The first kappa shape index (κ1) is 47.3. The van der Waals surface area contributed by atoms with Crippen LogP contribution in [0.3, 0.4) is 0 Å². The van der Waals surface area contributed by atoms with Gasteiger partial charge in [0.05, 0.1) is 68.2 Å². The number of carbonyl (C=O) groups is 2. The third-order valence-electron chi connectivity index (χ3n) is 11.6. The van der Waals surface area contributed by atoms with E-state index in [2.05, 4.69) is 77.2 Å². The van der Waals surface area contributed by atoms with Gasteiger partial charge < -0.3 is 29.9 Å². The highest BCUT2D eigenvalue weighted by Gasteiger charge is 2.27. The van der Waals surface area contributed by atoms with Gasteiger partial charge in [-0.3, -0.25) is 36.3 Å². The minimum atomic E-state index is -0.642. The van der Waals surface area contributed by atoms with Crippen molar-refractivity contribution in [2.24, 2.45) is 0 Å². The van der Waals surface area contributed by atoms with Gasteiger partial charge in [0, 0.05) is 66.3 Å². The van der Waals surface area contributed by atoms with Crippen molar-refractivity contribution in [2.45, 2.75) is 13.0 Å². The highest BCUT2D eigenvalue weighted by molar-refractivity contribution is 5.93. The molecular weight excluding hydrogens is 941 g/mol. The molecule has 23 heteroatoms. The number of rotatable bonds is 15. The van der Waals surface area contributed by atoms with Gasteiger partial charge in [0.15, 0.2) is 23.3 Å². The lowest BCUT2D eigenvalue weighted by atomic mass is 10.0. The third kappa shape index (κ3) is 11.6. The molecule has 21 nitrogen and oxygen atoms in total. The molecule has 368 valence electrons. The summed E-state index contributed by atoms with van der Waals surface area (Å²) in [4.78, 5) is 67.5. The zero-order chi connectivity index (χ0) is 50.1. The number of nitrogens with one attached hydrogen (secondary N) is 6. The number of hydrogen-bond donors (Lipinski definition) is 6. The minimum Gasteiger partial charge on any atom is -0.378 e. The number of pyridine rings is 3. The Hall–Kier alpha value is -9.35. The monoisotopic (exact) mass is 985 g/mol. The summed E-state index contributed by atoms with van der Waals surface area (Å²) in [7, 11) is 0. The molecule has 1 atom stereocenters. The first-order valence-electron chi connectivity index (χ1n) is 22.9. The van der Waals surface area contributed by atoms with Gasteiger partial charge in [0.2, 0.25) is 11.9 Å². The van der Waals surface area contributed by atoms with Crippen LogP contribution in [0.5, 0.6) is 0 Å². The molecule has 0 spiro atoms. The zero-order valence-electron chi connectivity index (χ0n) is 39.0. The number of hydrogen-bond acceptors (Lipinski definition) is 19. The van der Waals surface area contributed by atoms with Gasteiger partial charge in [-0.2, -0.15) is 9.97 Å². The van der Waals surface area contributed by atoms with Crippen LogP contribution in [-0.2, 0) is 9.47 Å². The van der Waals surface area contributed by atoms with Crippen molar-refractivity contribution in [3.63, 3.8) is 0 Å². The summed E-state index contributed by atoms with van der Waals surface area (Å²) in [6.07, 6.45) is 11.3. The van der Waals surface area contributed by atoms with Gasteiger partial charge in [-0.1, -0.05) is 12.1 Å². The van der Waals surface area contributed by atoms with E-state index < -0.39 is 29.6 Å². The number of aromatic nitrogens is 9. The van der Waals surface area contributed by atoms with E-state index in [9.17, 15) is 14.0 Å². The predicted molar refractivity (Wildman–Crippen MR) is 267 cm³/mol. The number of halogens is 2. The maximum absolute atomic E-state index is 15.4. The van der Waals surface area contributed by atoms with E-state index in [4.69, 9.17) is 9.47 Å². The maximum Gasteiger partial charge on any atom is 0.288 e. The van der Waals surface area contributed by atoms with Gasteiger partial charge in [-0.25, -0.2) is 38.7 Å². The van der Waals surface area contributed by atoms with Gasteiger partial charge in [0.1, 0.15) is 23.8 Å². The Morgan fingerprint density at radius 3 is 1.92 bits per heavy atom. The Morgan fingerprint density at radius 1 is 0.603 bits per heavy atom. The van der Waals surface area contributed by atoms with Crippen molar-refractivity contribution < 1.29 is 27.8 Å². The van der Waals surface area contributed by atoms with Crippen LogP contribution in [0, 0.1) is 18.6 Å². The normalized spacial score (nSPS) is 14.5. The summed E-state index contributed by atoms with van der Waals surface area (Å²) in [5.74, 6) is -2.16. The molecule has 0 radical (unpaired) electrons. The summed E-state index contributed by atoms with van der Waals surface area (Å²) < 4.78 is 41.3. The van der Waals surface area contributed by atoms with E-state index in [1.807, 2.05) is 61.5 Å². The standard InChI is InChI=1S/C50H45F2N17O4/c1-30-17-32(41-9-10-53-29-59-41)21-38(18-30)61-37-6-8-43(56-25-37)48(71)65-67-50-58-27-40(52)46(63-50)69-13-16-73-44(28-69)34-19-33(22-54-23-34)31-3-2-4-35(20-31)60-36-5-7-42(55-24-36)47(70)64-66-49-57-26-39(51)45(62-49)68-11-14-72-15-12-68/h2-10,17-27,29,44,60-61H,11-16,28H2,1H3,(H,64,70)(H,65,71)(H,57,62,66)(H,58,63,67). The van der Waals surface area contributed by atoms with Crippen LogP contribution in [0.25, 0.3) is 22.4 Å². The van der Waals surface area contributed by atoms with E-state index >= 15 is 4.39 Å². The Bertz CT molecular complexity index is 3250. The lowest BCUT2D eigenvalue weighted by Crippen LogP contribution is -2.39. The molecule has 2 aromatic carbocycles. The number of benzene rings is 2. The fraction of sp³-hybridized carbons (Fsp3) is 0.180. The van der Waals surface area contributed by atoms with Crippen molar-refractivity contribution in [1.82, 2.24) is 55.7 Å². The largest absolute Gasteiger partial charge is 0.378 e. The van der Waals surface area contributed by atoms with Crippen molar-refractivity contribution in [3.05, 3.63) is 163 Å². The van der Waals surface area contributed by atoms with Crippen LogP contribution in [0.2, 0.25) is 0 Å². The summed E-state index contributed by atoms with van der Waals surface area (Å²) in [6, 6.07) is 24.1. The van der Waals surface area contributed by atoms with Crippen molar-refractivity contribution in [1.29, 1.82) is 0 Å². The number of hydrazine groups is 2. The molecular formula is C50H45F2N17O4. The lowest BCUT2D eigenvalue weighted by Gasteiger charge is -2.34. The Balaban J connectivity index is 0.727. The molecule has 2 saturated heterocycles. The average Bonchev–Trinajstić information content (AvgIpc) is 3.43. The zero-order valence-corrected chi connectivity index (χ0v) is 39.0. The number of anilines is 8. The smallest absolute Gasteiger partial charge is 0.288 e. The van der Waals surface area contributed by atoms with Crippen LogP contribution in [0.1, 0.15) is 38.2 Å². The van der Waals surface area contributed by atoms with E-state index in [0.29, 0.717) is 44.2 Å². The average molecular weight is 986 g/mol. The molecule has 0 saturated carbocycles. The van der Waals surface area contributed by atoms with Crippen LogP contribution in [0.15, 0.2) is 129 Å². The van der Waals surface area contributed by atoms with Crippen molar-refractivity contribution in [3.8, 4) is 22.4 Å². The fourth-order valence-corrected chi connectivity index (χ4v) is 8.02. The Morgan fingerprint density at radius 2 is 1.26 bits per heavy atom. The molecule has 6 N–H and O–H groups in total. The second-order valence-electron chi connectivity index (χ2n) is 16.7. The molecule has 2 aliphatic rings. The number of carbonyl (C=O) groups excluding carboxylic acids is 2. The molecule has 8 aromatic rings. The van der Waals surface area contributed by atoms with E-state index in [1.165, 1.54) is 12.5 Å². The summed E-state index contributed by atoms with van der Waals surface area (Å²) >= 11 is 0. The van der Waals surface area contributed by atoms with E-state index in [1.54, 1.807) is 58.9 Å². The van der Waals surface area contributed by atoms with Crippen LogP contribution >= 0.6 is 0 Å². The summed E-state index contributed by atoms with van der Waals surface area (Å²) in [5.41, 5.74) is 18.7. The molecule has 2 fully saturated rings. The van der Waals surface area contributed by atoms with Gasteiger partial charge in [-0.15, -0.1) is 0 Å². The maximum atomic E-state index is 15.4. The molecule has 8 heterocycles. The lowest BCUT2D eigenvalue weighted by molar-refractivity contribution is 0.0391. The first-order valence-corrected chi connectivity index (χ1v) is 22.9. The number of aryl methyl sites for hydroxylation is 1.